The highest BCUT2D eigenvalue weighted by molar-refractivity contribution is 6.00. The maximum Gasteiger partial charge on any atom is 0.328 e. The van der Waals surface area contributed by atoms with Gasteiger partial charge in [0.15, 0.2) is 5.76 Å². The van der Waals surface area contributed by atoms with Gasteiger partial charge in [0.25, 0.3) is 11.8 Å². The molecule has 0 radical (unpaired) electrons. The molecule has 1 aromatic heterocycles. The maximum absolute atomic E-state index is 14.5. The molecule has 0 fully saturated rings. The molecular formula is C39H48F2N4O11. The molecule has 0 unspecified atom stereocenters. The van der Waals surface area contributed by atoms with Crippen LogP contribution in [0.2, 0.25) is 0 Å². The predicted octanol–water partition coefficient (Wildman–Crippen LogP) is 4.48. The van der Waals surface area contributed by atoms with E-state index in [0.29, 0.717) is 24.8 Å². The summed E-state index contributed by atoms with van der Waals surface area (Å²) < 4.78 is 48.7. The first-order chi connectivity index (χ1) is 26.9. The molecule has 17 heteroatoms. The van der Waals surface area contributed by atoms with Gasteiger partial charge in [-0.3, -0.25) is 28.8 Å². The van der Waals surface area contributed by atoms with Crippen LogP contribution in [0.1, 0.15) is 79.4 Å². The third-order valence-electron chi connectivity index (χ3n) is 8.67. The van der Waals surface area contributed by atoms with Gasteiger partial charge in [-0.15, -0.1) is 0 Å². The third kappa shape index (κ3) is 12.6. The topological polar surface area (TPSA) is 192 Å². The molecule has 304 valence electrons. The van der Waals surface area contributed by atoms with Crippen molar-refractivity contribution in [1.82, 2.24) is 21.0 Å². The molecule has 0 aliphatic carbocycles. The number of carbonyl (C=O) groups excluding carboxylic acids is 6. The summed E-state index contributed by atoms with van der Waals surface area (Å²) in [6.07, 6.45) is 1.98. The first-order valence-electron chi connectivity index (χ1n) is 18.1. The van der Waals surface area contributed by atoms with E-state index in [1.165, 1.54) is 36.4 Å². The van der Waals surface area contributed by atoms with Crippen molar-refractivity contribution in [1.29, 1.82) is 0 Å². The number of carbonyl (C=O) groups is 6. The van der Waals surface area contributed by atoms with E-state index in [0.717, 1.165) is 37.8 Å². The molecule has 3 rings (SSSR count). The Morgan fingerprint density at radius 1 is 0.929 bits per heavy atom. The average molecular weight is 787 g/mol. The lowest BCUT2D eigenvalue weighted by Gasteiger charge is -2.32. The van der Waals surface area contributed by atoms with Crippen LogP contribution in [-0.4, -0.2) is 87.3 Å². The molecular weight excluding hydrogens is 738 g/mol. The van der Waals surface area contributed by atoms with E-state index in [1.54, 1.807) is 13.8 Å². The van der Waals surface area contributed by atoms with Crippen molar-refractivity contribution in [2.45, 2.75) is 71.4 Å². The lowest BCUT2D eigenvalue weighted by atomic mass is 9.89. The number of nitrogens with one attached hydrogen (secondary N) is 3. The molecule has 3 N–H and O–H groups in total. The number of hydroxylamine groups is 2. The highest BCUT2D eigenvalue weighted by Gasteiger charge is 2.33. The Kier molecular flexibility index (Phi) is 17.9. The van der Waals surface area contributed by atoms with E-state index in [2.05, 4.69) is 20.7 Å². The molecule has 3 atom stereocenters. The number of ether oxygens (including phenoxy) is 3. The van der Waals surface area contributed by atoms with Gasteiger partial charge in [0.05, 0.1) is 58.0 Å². The second-order valence-electron chi connectivity index (χ2n) is 12.4. The summed E-state index contributed by atoms with van der Waals surface area (Å²) in [7, 11) is 2.26. The molecule has 2 aromatic carbocycles. The number of amides is 4. The van der Waals surface area contributed by atoms with Crippen molar-refractivity contribution < 1.29 is 61.0 Å². The summed E-state index contributed by atoms with van der Waals surface area (Å²) in [6, 6.07) is 8.52. The van der Waals surface area contributed by atoms with Gasteiger partial charge in [-0.1, -0.05) is 32.4 Å². The minimum atomic E-state index is -1.31. The van der Waals surface area contributed by atoms with E-state index in [4.69, 9.17) is 18.7 Å². The Bertz CT molecular complexity index is 1820. The molecule has 0 saturated heterocycles. The largest absolute Gasteiger partial charge is 0.493 e. The normalized spacial score (nSPS) is 12.4. The number of halogens is 2. The lowest BCUT2D eigenvalue weighted by molar-refractivity contribution is -0.195. The highest BCUT2D eigenvalue weighted by atomic mass is 19.1. The van der Waals surface area contributed by atoms with Crippen LogP contribution < -0.4 is 20.7 Å². The summed E-state index contributed by atoms with van der Waals surface area (Å²) in [5.74, 6) is -5.65. The molecule has 0 saturated carbocycles. The summed E-state index contributed by atoms with van der Waals surface area (Å²) in [5, 5.41) is 8.74. The predicted molar refractivity (Wildman–Crippen MR) is 197 cm³/mol. The van der Waals surface area contributed by atoms with Crippen LogP contribution in [0, 0.1) is 17.6 Å². The minimum absolute atomic E-state index is 0.0461. The summed E-state index contributed by atoms with van der Waals surface area (Å²) >= 11 is 0. The smallest absolute Gasteiger partial charge is 0.328 e. The number of furan rings is 1. The molecule has 0 bridgehead atoms. The van der Waals surface area contributed by atoms with Crippen LogP contribution in [0.5, 0.6) is 5.75 Å². The summed E-state index contributed by atoms with van der Waals surface area (Å²) in [4.78, 5) is 81.4. The van der Waals surface area contributed by atoms with Gasteiger partial charge >= 0.3 is 11.9 Å². The minimum Gasteiger partial charge on any atom is -0.493 e. The number of nitrogens with zero attached hydrogens (tertiary/aromatic N) is 1. The summed E-state index contributed by atoms with van der Waals surface area (Å²) in [6.45, 7) is 5.52. The van der Waals surface area contributed by atoms with Gasteiger partial charge in [0, 0.05) is 11.6 Å². The Labute approximate surface area is 323 Å². The molecule has 3 aromatic rings. The van der Waals surface area contributed by atoms with Crippen LogP contribution in [0.25, 0.3) is 11.3 Å². The van der Waals surface area contributed by atoms with Crippen LogP contribution >= 0.6 is 0 Å². The van der Waals surface area contributed by atoms with Gasteiger partial charge in [0.1, 0.15) is 29.2 Å². The number of rotatable bonds is 23. The van der Waals surface area contributed by atoms with Crippen LogP contribution in [-0.2, 0) is 39.9 Å². The molecule has 4 amide bonds. The van der Waals surface area contributed by atoms with Crippen LogP contribution in [0.3, 0.4) is 0 Å². The second kappa shape index (κ2) is 22.5. The number of methoxy groups -OCH3 is 2. The van der Waals surface area contributed by atoms with Gasteiger partial charge in [-0.05, 0) is 68.5 Å². The van der Waals surface area contributed by atoms with E-state index in [-0.39, 0.29) is 61.1 Å². The second-order valence-corrected chi connectivity index (χ2v) is 12.4. The molecule has 0 aliphatic rings. The van der Waals surface area contributed by atoms with Crippen molar-refractivity contribution in [2.75, 3.05) is 34.1 Å². The monoisotopic (exact) mass is 786 g/mol. The number of esters is 2. The highest BCUT2D eigenvalue weighted by Crippen LogP contribution is 2.29. The Morgan fingerprint density at radius 3 is 2.34 bits per heavy atom. The standard InChI is InChI=1S/C39H48F2N4O11/c1-6-9-18-55-45(23-46)31(7-2)27(14-11-24-10-13-26(40)20-29(24)41)36(48)42-22-43-38(50)33-17-16-32(56-33)25-12-15-28(34(19-25)54-8-3)37(49)44-30(39(51)53-5)21-35(47)52-4/h10,12-13,15-17,19-20,23,27,30-31H,6-9,11,14,18,21-22H2,1-5H3,(H,42,48)(H,43,50)(H,44,49)/t27-,30+,31-/m1/s1. The SMILES string of the molecule is CCCCON(C=O)[C@H](CC)[C@@H](CCc1ccc(F)cc1F)C(=O)NCNC(=O)c1ccc(-c2ccc(C(=O)N[C@@H](CC(=O)OC)C(=O)OC)c(OCC)c2)o1. The van der Waals surface area contributed by atoms with Gasteiger partial charge < -0.3 is 34.6 Å². The Hall–Kier alpha value is -5.84. The van der Waals surface area contributed by atoms with Crippen molar-refractivity contribution in [2.24, 2.45) is 5.92 Å². The maximum atomic E-state index is 14.5. The number of hydrogen-bond donors (Lipinski definition) is 3. The van der Waals surface area contributed by atoms with Crippen molar-refractivity contribution in [3.8, 4) is 17.1 Å². The van der Waals surface area contributed by atoms with E-state index in [1.807, 2.05) is 6.92 Å². The van der Waals surface area contributed by atoms with E-state index < -0.39 is 65.7 Å². The number of hydrogen-bond acceptors (Lipinski definition) is 11. The molecule has 0 aliphatic heterocycles. The molecule has 15 nitrogen and oxygen atoms in total. The molecule has 1 heterocycles. The van der Waals surface area contributed by atoms with E-state index >= 15 is 0 Å². The number of aryl methyl sites for hydroxylation is 1. The molecule has 56 heavy (non-hydrogen) atoms. The molecule has 0 spiro atoms. The fourth-order valence-corrected chi connectivity index (χ4v) is 5.70. The van der Waals surface area contributed by atoms with Crippen molar-refractivity contribution >= 4 is 36.1 Å². The number of unbranched alkanes of at least 4 members (excludes halogenated alkanes) is 1. The van der Waals surface area contributed by atoms with Gasteiger partial charge in [-0.25, -0.2) is 18.6 Å². The number of benzene rings is 2. The first kappa shape index (κ1) is 44.6. The van der Waals surface area contributed by atoms with E-state index in [9.17, 15) is 37.5 Å². The average Bonchev–Trinajstić information content (AvgIpc) is 3.69. The first-order valence-corrected chi connectivity index (χ1v) is 18.1. The zero-order valence-corrected chi connectivity index (χ0v) is 32.0. The Morgan fingerprint density at radius 2 is 1.70 bits per heavy atom. The zero-order valence-electron chi connectivity index (χ0n) is 32.0. The zero-order chi connectivity index (χ0) is 41.2. The van der Waals surface area contributed by atoms with Gasteiger partial charge in [-0.2, -0.15) is 0 Å². The fourth-order valence-electron chi connectivity index (χ4n) is 5.70. The van der Waals surface area contributed by atoms with Crippen LogP contribution in [0.15, 0.2) is 52.9 Å². The summed E-state index contributed by atoms with van der Waals surface area (Å²) in [5.41, 5.74) is 0.674. The Balaban J connectivity index is 1.72. The fraction of sp³-hybridized carbons (Fsp3) is 0.436. The van der Waals surface area contributed by atoms with Crippen molar-refractivity contribution in [3.05, 3.63) is 77.1 Å². The third-order valence-corrected chi connectivity index (χ3v) is 8.67. The lowest BCUT2D eigenvalue weighted by Crippen LogP contribution is -2.48. The van der Waals surface area contributed by atoms with Crippen molar-refractivity contribution in [3.63, 3.8) is 0 Å². The van der Waals surface area contributed by atoms with Crippen LogP contribution in [0.4, 0.5) is 8.78 Å². The quantitative estimate of drug-likeness (QED) is 0.0404. The van der Waals surface area contributed by atoms with Gasteiger partial charge in [0.2, 0.25) is 12.3 Å².